The number of aliphatic hydroxyl groups excluding tert-OH is 1. The Morgan fingerprint density at radius 2 is 2.00 bits per heavy atom. The van der Waals surface area contributed by atoms with Crippen molar-refractivity contribution in [3.63, 3.8) is 0 Å². The summed E-state index contributed by atoms with van der Waals surface area (Å²) in [5, 5.41) is 17.0. The van der Waals surface area contributed by atoms with E-state index in [0.717, 1.165) is 19.5 Å². The first-order valence-corrected chi connectivity index (χ1v) is 9.88. The van der Waals surface area contributed by atoms with E-state index in [-0.39, 0.29) is 24.5 Å². The van der Waals surface area contributed by atoms with E-state index in [0.29, 0.717) is 18.1 Å². The smallest absolute Gasteiger partial charge is 0.270 e. The molecule has 29 heavy (non-hydrogen) atoms. The van der Waals surface area contributed by atoms with Crippen molar-refractivity contribution < 1.29 is 9.90 Å². The Kier molecular flexibility index (Phi) is 5.97. The fourth-order valence-corrected chi connectivity index (χ4v) is 3.76. The Morgan fingerprint density at radius 1 is 1.14 bits per heavy atom. The SMILES string of the molecule is O=C(N[C@H]1CN(Cc2ccccc2)CC[C@H]1CO)c1cccc(-n2cccn2)n1. The monoisotopic (exact) mass is 391 g/mol. The summed E-state index contributed by atoms with van der Waals surface area (Å²) in [6.45, 7) is 2.49. The van der Waals surface area contributed by atoms with Gasteiger partial charge in [0.2, 0.25) is 0 Å². The molecule has 0 spiro atoms. The van der Waals surface area contributed by atoms with Gasteiger partial charge in [-0.25, -0.2) is 9.67 Å². The van der Waals surface area contributed by atoms with Gasteiger partial charge in [0, 0.05) is 44.0 Å². The number of hydrogen-bond acceptors (Lipinski definition) is 5. The number of aliphatic hydroxyl groups is 1. The molecule has 1 aliphatic heterocycles. The molecule has 1 amide bonds. The van der Waals surface area contributed by atoms with Gasteiger partial charge in [-0.1, -0.05) is 36.4 Å². The molecule has 3 heterocycles. The number of amides is 1. The molecule has 7 heteroatoms. The molecule has 150 valence electrons. The highest BCUT2D eigenvalue weighted by Crippen LogP contribution is 2.20. The standard InChI is InChI=1S/C22H25N5O2/c28-16-18-10-13-26(14-17-6-2-1-3-7-17)15-20(18)25-22(29)19-8-4-9-21(24-19)27-12-5-11-23-27/h1-9,11-12,18,20,28H,10,13-16H2,(H,25,29)/t18-,20-/m0/s1. The van der Waals surface area contributed by atoms with Crippen molar-refractivity contribution in [1.29, 1.82) is 0 Å². The number of rotatable bonds is 6. The van der Waals surface area contributed by atoms with E-state index >= 15 is 0 Å². The minimum atomic E-state index is -0.232. The summed E-state index contributed by atoms with van der Waals surface area (Å²) in [6, 6.07) is 17.3. The summed E-state index contributed by atoms with van der Waals surface area (Å²) in [5.74, 6) is 0.403. The van der Waals surface area contributed by atoms with Crippen LogP contribution in [0.1, 0.15) is 22.5 Å². The highest BCUT2D eigenvalue weighted by atomic mass is 16.3. The average Bonchev–Trinajstić information content (AvgIpc) is 3.30. The summed E-state index contributed by atoms with van der Waals surface area (Å²) in [6.07, 6.45) is 4.30. The van der Waals surface area contributed by atoms with E-state index in [1.807, 2.05) is 30.3 Å². The van der Waals surface area contributed by atoms with Crippen LogP contribution in [-0.2, 0) is 6.54 Å². The van der Waals surface area contributed by atoms with Crippen LogP contribution >= 0.6 is 0 Å². The first-order valence-electron chi connectivity index (χ1n) is 9.88. The highest BCUT2D eigenvalue weighted by molar-refractivity contribution is 5.92. The van der Waals surface area contributed by atoms with Crippen molar-refractivity contribution in [2.24, 2.45) is 5.92 Å². The predicted octanol–water partition coefficient (Wildman–Crippen LogP) is 1.88. The van der Waals surface area contributed by atoms with E-state index in [4.69, 9.17) is 0 Å². The Hall–Kier alpha value is -3.03. The quantitative estimate of drug-likeness (QED) is 0.670. The third-order valence-corrected chi connectivity index (χ3v) is 5.35. The van der Waals surface area contributed by atoms with Crippen molar-refractivity contribution in [2.75, 3.05) is 19.7 Å². The van der Waals surface area contributed by atoms with Gasteiger partial charge in [-0.3, -0.25) is 9.69 Å². The van der Waals surface area contributed by atoms with Gasteiger partial charge in [0.25, 0.3) is 5.91 Å². The first-order chi connectivity index (χ1) is 14.2. The van der Waals surface area contributed by atoms with E-state index in [1.165, 1.54) is 5.56 Å². The molecule has 4 rings (SSSR count). The lowest BCUT2D eigenvalue weighted by molar-refractivity contribution is 0.0727. The van der Waals surface area contributed by atoms with Gasteiger partial charge in [-0.05, 0) is 36.7 Å². The molecule has 7 nitrogen and oxygen atoms in total. The number of nitrogens with zero attached hydrogens (tertiary/aromatic N) is 4. The zero-order valence-corrected chi connectivity index (χ0v) is 16.2. The Bertz CT molecular complexity index is 929. The van der Waals surface area contributed by atoms with Crippen LogP contribution in [0.2, 0.25) is 0 Å². The second-order valence-electron chi connectivity index (χ2n) is 7.36. The van der Waals surface area contributed by atoms with Crippen molar-refractivity contribution in [2.45, 2.75) is 19.0 Å². The number of aromatic nitrogens is 3. The molecule has 1 fully saturated rings. The molecule has 3 aromatic rings. The maximum absolute atomic E-state index is 12.9. The molecule has 2 N–H and O–H groups in total. The zero-order valence-electron chi connectivity index (χ0n) is 16.2. The Labute approximate surface area is 170 Å². The molecule has 0 saturated carbocycles. The van der Waals surface area contributed by atoms with Crippen LogP contribution in [0, 0.1) is 5.92 Å². The molecule has 1 saturated heterocycles. The summed E-state index contributed by atoms with van der Waals surface area (Å²) < 4.78 is 1.62. The molecule has 2 aromatic heterocycles. The first kappa shape index (κ1) is 19.3. The number of pyridine rings is 1. The Morgan fingerprint density at radius 3 is 2.76 bits per heavy atom. The van der Waals surface area contributed by atoms with Crippen molar-refractivity contribution in [3.05, 3.63) is 78.2 Å². The number of likely N-dealkylation sites (tertiary alicyclic amines) is 1. The molecular formula is C22H25N5O2. The van der Waals surface area contributed by atoms with Crippen LogP contribution in [0.25, 0.3) is 5.82 Å². The summed E-state index contributed by atoms with van der Waals surface area (Å²) in [5.41, 5.74) is 1.59. The van der Waals surface area contributed by atoms with Crippen LogP contribution in [-0.4, -0.2) is 56.4 Å². The van der Waals surface area contributed by atoms with Crippen molar-refractivity contribution >= 4 is 5.91 Å². The molecular weight excluding hydrogens is 366 g/mol. The summed E-state index contributed by atoms with van der Waals surface area (Å²) >= 11 is 0. The van der Waals surface area contributed by atoms with Crippen molar-refractivity contribution in [3.8, 4) is 5.82 Å². The molecule has 1 aromatic carbocycles. The Balaban J connectivity index is 1.44. The van der Waals surface area contributed by atoms with Gasteiger partial charge in [-0.2, -0.15) is 5.10 Å². The minimum absolute atomic E-state index is 0.0419. The maximum atomic E-state index is 12.9. The third-order valence-electron chi connectivity index (χ3n) is 5.35. The highest BCUT2D eigenvalue weighted by Gasteiger charge is 2.30. The number of carbonyl (C=O) groups is 1. The van der Waals surface area contributed by atoms with Gasteiger partial charge < -0.3 is 10.4 Å². The predicted molar refractivity (Wildman–Crippen MR) is 110 cm³/mol. The van der Waals surface area contributed by atoms with Gasteiger partial charge in [0.05, 0.1) is 0 Å². The summed E-state index contributed by atoms with van der Waals surface area (Å²) in [4.78, 5) is 19.6. The number of piperidine rings is 1. The zero-order chi connectivity index (χ0) is 20.1. The molecule has 2 atom stereocenters. The van der Waals surface area contributed by atoms with Crippen LogP contribution in [0.15, 0.2) is 67.0 Å². The minimum Gasteiger partial charge on any atom is -0.396 e. The average molecular weight is 391 g/mol. The van der Waals surface area contributed by atoms with E-state index in [1.54, 1.807) is 29.2 Å². The molecule has 1 aliphatic rings. The number of nitrogens with one attached hydrogen (secondary N) is 1. The fourth-order valence-electron chi connectivity index (χ4n) is 3.76. The van der Waals surface area contributed by atoms with Crippen LogP contribution < -0.4 is 5.32 Å². The largest absolute Gasteiger partial charge is 0.396 e. The van der Waals surface area contributed by atoms with Crippen LogP contribution in [0.4, 0.5) is 0 Å². The topological polar surface area (TPSA) is 83.3 Å². The molecule has 0 radical (unpaired) electrons. The van der Waals surface area contributed by atoms with Gasteiger partial charge in [-0.15, -0.1) is 0 Å². The lowest BCUT2D eigenvalue weighted by Gasteiger charge is -2.38. The molecule has 0 unspecified atom stereocenters. The number of benzene rings is 1. The van der Waals surface area contributed by atoms with Crippen LogP contribution in [0.3, 0.4) is 0 Å². The van der Waals surface area contributed by atoms with Gasteiger partial charge >= 0.3 is 0 Å². The fraction of sp³-hybridized carbons (Fsp3) is 0.318. The molecule has 0 aliphatic carbocycles. The van der Waals surface area contributed by atoms with E-state index in [9.17, 15) is 9.90 Å². The van der Waals surface area contributed by atoms with Gasteiger partial charge in [0.15, 0.2) is 5.82 Å². The summed E-state index contributed by atoms with van der Waals surface area (Å²) in [7, 11) is 0. The van der Waals surface area contributed by atoms with E-state index < -0.39 is 0 Å². The van der Waals surface area contributed by atoms with Crippen molar-refractivity contribution in [1.82, 2.24) is 25.0 Å². The van der Waals surface area contributed by atoms with E-state index in [2.05, 4.69) is 32.4 Å². The number of hydrogen-bond donors (Lipinski definition) is 2. The lowest BCUT2D eigenvalue weighted by atomic mass is 9.91. The van der Waals surface area contributed by atoms with Crippen LogP contribution in [0.5, 0.6) is 0 Å². The normalized spacial score (nSPS) is 19.8. The number of carbonyl (C=O) groups excluding carboxylic acids is 1. The second kappa shape index (κ2) is 8.98. The second-order valence-corrected chi connectivity index (χ2v) is 7.36. The lowest BCUT2D eigenvalue weighted by Crippen LogP contribution is -2.53. The third kappa shape index (κ3) is 4.70. The molecule has 0 bridgehead atoms. The maximum Gasteiger partial charge on any atom is 0.270 e. The van der Waals surface area contributed by atoms with Gasteiger partial charge in [0.1, 0.15) is 5.69 Å².